The molecule has 7 heteroatoms. The summed E-state index contributed by atoms with van der Waals surface area (Å²) in [5, 5.41) is 0. The summed E-state index contributed by atoms with van der Waals surface area (Å²) in [5.41, 5.74) is 0.830. The maximum absolute atomic E-state index is 13.2. The first kappa shape index (κ1) is 18.1. The molecule has 2 atom stereocenters. The number of anilines is 1. The second kappa shape index (κ2) is 7.76. The summed E-state index contributed by atoms with van der Waals surface area (Å²) in [4.78, 5) is 12.9. The van der Waals surface area contributed by atoms with Crippen LogP contribution in [0.25, 0.3) is 0 Å². The molecule has 1 aromatic heterocycles. The van der Waals surface area contributed by atoms with Crippen molar-refractivity contribution in [1.29, 1.82) is 0 Å². The van der Waals surface area contributed by atoms with Gasteiger partial charge in [-0.05, 0) is 43.5 Å². The first-order valence-electron chi connectivity index (χ1n) is 9.44. The lowest BCUT2D eigenvalue weighted by Gasteiger charge is -2.46. The molecule has 0 saturated carbocycles. The van der Waals surface area contributed by atoms with Crippen molar-refractivity contribution in [3.8, 4) is 5.75 Å². The second-order valence-electron chi connectivity index (χ2n) is 7.46. The van der Waals surface area contributed by atoms with Gasteiger partial charge in [0, 0.05) is 38.1 Å². The number of rotatable bonds is 4. The van der Waals surface area contributed by atoms with Crippen molar-refractivity contribution in [2.24, 2.45) is 5.92 Å². The minimum Gasteiger partial charge on any atom is -0.493 e. The Kier molecular flexibility index (Phi) is 5.20. The van der Waals surface area contributed by atoms with Gasteiger partial charge >= 0.3 is 0 Å². The maximum atomic E-state index is 13.2. The number of hydrogen-bond acceptors (Lipinski definition) is 5. The third-order valence-corrected chi connectivity index (χ3v) is 5.51. The van der Waals surface area contributed by atoms with Crippen LogP contribution in [0.2, 0.25) is 0 Å². The van der Waals surface area contributed by atoms with E-state index in [1.165, 1.54) is 24.5 Å². The van der Waals surface area contributed by atoms with Gasteiger partial charge in [0.25, 0.3) is 0 Å². The quantitative estimate of drug-likeness (QED) is 0.823. The van der Waals surface area contributed by atoms with Crippen LogP contribution in [0.15, 0.2) is 30.6 Å². The minimum absolute atomic E-state index is 0.233. The summed E-state index contributed by atoms with van der Waals surface area (Å²) in [6.07, 6.45) is 4.63. The molecule has 3 heterocycles. The third kappa shape index (κ3) is 4.18. The molecule has 2 fully saturated rings. The Morgan fingerprint density at radius 2 is 1.89 bits per heavy atom. The van der Waals surface area contributed by atoms with E-state index in [9.17, 15) is 8.78 Å². The fourth-order valence-electron chi connectivity index (χ4n) is 4.03. The monoisotopic (exact) mass is 374 g/mol. The highest BCUT2D eigenvalue weighted by Crippen LogP contribution is 2.28. The predicted octanol–water partition coefficient (Wildman–Crippen LogP) is 3.04. The van der Waals surface area contributed by atoms with Crippen LogP contribution in [-0.4, -0.2) is 53.7 Å². The van der Waals surface area contributed by atoms with Gasteiger partial charge in [-0.3, -0.25) is 4.90 Å². The molecular formula is C20H24F2N4O. The molecule has 2 saturated heterocycles. The topological polar surface area (TPSA) is 41.5 Å². The van der Waals surface area contributed by atoms with Crippen molar-refractivity contribution >= 4 is 5.95 Å². The van der Waals surface area contributed by atoms with Crippen molar-refractivity contribution in [1.82, 2.24) is 14.9 Å². The molecule has 1 unspecified atom stereocenters. The van der Waals surface area contributed by atoms with E-state index < -0.39 is 5.82 Å². The summed E-state index contributed by atoms with van der Waals surface area (Å²) >= 11 is 0. The van der Waals surface area contributed by atoms with Gasteiger partial charge in [0.2, 0.25) is 5.95 Å². The summed E-state index contributed by atoms with van der Waals surface area (Å²) in [7, 11) is 0. The van der Waals surface area contributed by atoms with Crippen LogP contribution in [0.5, 0.6) is 5.75 Å². The highest BCUT2D eigenvalue weighted by Gasteiger charge is 2.33. The van der Waals surface area contributed by atoms with Crippen LogP contribution in [-0.2, 0) is 0 Å². The lowest BCUT2D eigenvalue weighted by molar-refractivity contribution is 0.0724. The van der Waals surface area contributed by atoms with E-state index in [1.54, 1.807) is 6.07 Å². The van der Waals surface area contributed by atoms with Gasteiger partial charge in [-0.25, -0.2) is 18.7 Å². The second-order valence-corrected chi connectivity index (χ2v) is 7.46. The zero-order valence-corrected chi connectivity index (χ0v) is 15.4. The Morgan fingerprint density at radius 3 is 2.67 bits per heavy atom. The first-order valence-corrected chi connectivity index (χ1v) is 9.44. The Labute approximate surface area is 158 Å². The molecule has 1 aromatic carbocycles. The van der Waals surface area contributed by atoms with E-state index in [4.69, 9.17) is 4.74 Å². The van der Waals surface area contributed by atoms with Gasteiger partial charge in [0.1, 0.15) is 11.6 Å². The van der Waals surface area contributed by atoms with Gasteiger partial charge in [-0.1, -0.05) is 0 Å². The number of nitrogens with zero attached hydrogens (tertiary/aromatic N) is 4. The molecule has 4 rings (SSSR count). The molecule has 0 bridgehead atoms. The summed E-state index contributed by atoms with van der Waals surface area (Å²) < 4.78 is 32.2. The average Bonchev–Trinajstić information content (AvgIpc) is 2.67. The van der Waals surface area contributed by atoms with Crippen molar-refractivity contribution < 1.29 is 13.5 Å². The van der Waals surface area contributed by atoms with Crippen LogP contribution in [0.1, 0.15) is 18.4 Å². The molecule has 0 amide bonds. The average molecular weight is 374 g/mol. The SMILES string of the molecule is Cc1cc(F)ccc1OCC1CC[C@H]2CN(c3ncc(F)cn3)CCN2C1. The molecule has 0 radical (unpaired) electrons. The number of aryl methyl sites for hydroxylation is 1. The molecule has 0 spiro atoms. The first-order chi connectivity index (χ1) is 13.1. The fourth-order valence-corrected chi connectivity index (χ4v) is 4.03. The Balaban J connectivity index is 1.30. The zero-order chi connectivity index (χ0) is 18.8. The standard InChI is InChI=1S/C20H24F2N4O/c1-14-8-16(21)3-5-19(14)27-13-15-2-4-18-12-26(7-6-25(18)11-15)20-23-9-17(22)10-24-20/h3,5,8-10,15,18H,2,4,6-7,11-13H2,1H3/t15?,18-/m0/s1. The number of piperazine rings is 1. The molecule has 27 heavy (non-hydrogen) atoms. The highest BCUT2D eigenvalue weighted by atomic mass is 19.1. The molecule has 0 N–H and O–H groups in total. The number of ether oxygens (including phenoxy) is 1. The minimum atomic E-state index is -0.408. The number of aromatic nitrogens is 2. The smallest absolute Gasteiger partial charge is 0.225 e. The normalized spacial score (nSPS) is 23.1. The van der Waals surface area contributed by atoms with E-state index >= 15 is 0 Å². The molecular weight excluding hydrogens is 350 g/mol. The van der Waals surface area contributed by atoms with E-state index in [2.05, 4.69) is 19.8 Å². The molecule has 0 aliphatic carbocycles. The number of hydrogen-bond donors (Lipinski definition) is 0. The Morgan fingerprint density at radius 1 is 1.07 bits per heavy atom. The number of halogens is 2. The summed E-state index contributed by atoms with van der Waals surface area (Å²) in [5.74, 6) is 1.20. The third-order valence-electron chi connectivity index (χ3n) is 5.51. The summed E-state index contributed by atoms with van der Waals surface area (Å²) in [6.45, 7) is 6.18. The number of fused-ring (bicyclic) bond motifs is 1. The van der Waals surface area contributed by atoms with Crippen molar-refractivity contribution in [2.45, 2.75) is 25.8 Å². The Bertz CT molecular complexity index is 786. The predicted molar refractivity (Wildman–Crippen MR) is 98.9 cm³/mol. The zero-order valence-electron chi connectivity index (χ0n) is 15.4. The van der Waals surface area contributed by atoms with Gasteiger partial charge < -0.3 is 9.64 Å². The molecule has 144 valence electrons. The van der Waals surface area contributed by atoms with E-state index in [-0.39, 0.29) is 5.82 Å². The number of piperidine rings is 1. The molecule has 2 aliphatic heterocycles. The van der Waals surface area contributed by atoms with Crippen LogP contribution < -0.4 is 9.64 Å². The van der Waals surface area contributed by atoms with Crippen molar-refractivity contribution in [2.75, 3.05) is 37.7 Å². The lowest BCUT2D eigenvalue weighted by Crippen LogP contribution is -2.57. The van der Waals surface area contributed by atoms with Gasteiger partial charge in [0.15, 0.2) is 5.82 Å². The molecule has 2 aromatic rings. The molecule has 5 nitrogen and oxygen atoms in total. The lowest BCUT2D eigenvalue weighted by atomic mass is 9.91. The van der Waals surface area contributed by atoms with Crippen LogP contribution in [0, 0.1) is 24.5 Å². The van der Waals surface area contributed by atoms with Crippen molar-refractivity contribution in [3.05, 3.63) is 47.8 Å². The van der Waals surface area contributed by atoms with E-state index in [0.717, 1.165) is 50.3 Å². The maximum Gasteiger partial charge on any atom is 0.225 e. The summed E-state index contributed by atoms with van der Waals surface area (Å²) in [6, 6.07) is 5.12. The van der Waals surface area contributed by atoms with Crippen LogP contribution in [0.4, 0.5) is 14.7 Å². The highest BCUT2D eigenvalue weighted by molar-refractivity contribution is 5.32. The van der Waals surface area contributed by atoms with Gasteiger partial charge in [-0.2, -0.15) is 0 Å². The van der Waals surface area contributed by atoms with Crippen LogP contribution >= 0.6 is 0 Å². The van der Waals surface area contributed by atoms with Gasteiger partial charge in [-0.15, -0.1) is 0 Å². The number of benzene rings is 1. The van der Waals surface area contributed by atoms with Crippen molar-refractivity contribution in [3.63, 3.8) is 0 Å². The fraction of sp³-hybridized carbons (Fsp3) is 0.500. The molecule has 2 aliphatic rings. The van der Waals surface area contributed by atoms with Gasteiger partial charge in [0.05, 0.1) is 19.0 Å². The van der Waals surface area contributed by atoms with E-state index in [1.807, 2.05) is 6.92 Å². The Hall–Kier alpha value is -2.28. The van der Waals surface area contributed by atoms with E-state index in [0.29, 0.717) is 24.5 Å². The van der Waals surface area contributed by atoms with Crippen LogP contribution in [0.3, 0.4) is 0 Å². The largest absolute Gasteiger partial charge is 0.493 e.